The number of amides is 1. The number of nitrogens with zero attached hydrogens (tertiary/aromatic N) is 5. The number of aliphatic hydroxyl groups is 2. The number of carbonyl (C=O) groups excluding carboxylic acids is 1. The van der Waals surface area contributed by atoms with Gasteiger partial charge in [0.25, 0.3) is 0 Å². The van der Waals surface area contributed by atoms with Crippen LogP contribution >= 0.6 is 0 Å². The van der Waals surface area contributed by atoms with Gasteiger partial charge in [0.2, 0.25) is 0 Å². The van der Waals surface area contributed by atoms with E-state index in [1.807, 2.05) is 36.2 Å². The molecule has 12 heteroatoms. The van der Waals surface area contributed by atoms with E-state index in [4.69, 9.17) is 15.2 Å². The minimum atomic E-state index is -1.18. The Morgan fingerprint density at radius 3 is 2.62 bits per heavy atom. The Labute approximate surface area is 215 Å². The number of aliphatic hydroxyl groups excluding tert-OH is 2. The molecule has 4 atom stereocenters. The number of aromatic nitrogens is 4. The van der Waals surface area contributed by atoms with E-state index in [1.165, 1.54) is 22.8 Å². The number of alkyl carbamates (subject to hydrolysis) is 1. The molecule has 5 N–H and O–H groups in total. The fraction of sp³-hybridized carbons (Fsp3) is 0.520. The predicted octanol–water partition coefficient (Wildman–Crippen LogP) is 1.18. The van der Waals surface area contributed by atoms with Crippen LogP contribution in [0.3, 0.4) is 0 Å². The lowest BCUT2D eigenvalue weighted by molar-refractivity contribution is -0.0420. The SMILES string of the molecule is CN(CCNC(=O)OCc1ccc(C(C)(C)C)cc1)C[C@H]1OC(n2cnc3c(N)ncnc32)[C@H](O)[C@@H]1O. The number of imidazole rings is 1. The number of hydrogen-bond acceptors (Lipinski definition) is 10. The van der Waals surface area contributed by atoms with E-state index in [-0.39, 0.29) is 17.8 Å². The molecule has 2 aromatic heterocycles. The molecule has 0 saturated carbocycles. The first-order chi connectivity index (χ1) is 17.5. The molecule has 3 aromatic rings. The second-order valence-electron chi connectivity index (χ2n) is 10.3. The van der Waals surface area contributed by atoms with Gasteiger partial charge in [-0.25, -0.2) is 19.7 Å². The zero-order valence-corrected chi connectivity index (χ0v) is 21.5. The number of hydrogen-bond donors (Lipinski definition) is 4. The third-order valence-corrected chi connectivity index (χ3v) is 6.44. The highest BCUT2D eigenvalue weighted by Gasteiger charge is 2.44. The molecule has 12 nitrogen and oxygen atoms in total. The van der Waals surface area contributed by atoms with Gasteiger partial charge in [-0.3, -0.25) is 4.57 Å². The van der Waals surface area contributed by atoms with Crippen molar-refractivity contribution in [1.82, 2.24) is 29.7 Å². The zero-order valence-electron chi connectivity index (χ0n) is 21.5. The number of benzene rings is 1. The van der Waals surface area contributed by atoms with Crippen LogP contribution in [0.25, 0.3) is 11.2 Å². The molecule has 1 amide bonds. The number of rotatable bonds is 8. The summed E-state index contributed by atoms with van der Waals surface area (Å²) in [5.74, 6) is 0.220. The lowest BCUT2D eigenvalue weighted by Crippen LogP contribution is -2.41. The van der Waals surface area contributed by atoms with E-state index in [9.17, 15) is 15.0 Å². The fourth-order valence-electron chi connectivity index (χ4n) is 4.21. The van der Waals surface area contributed by atoms with Gasteiger partial charge < -0.3 is 35.6 Å². The number of likely N-dealkylation sites (N-methyl/N-ethyl adjacent to an activating group) is 1. The van der Waals surface area contributed by atoms with Crippen LogP contribution in [0.4, 0.5) is 10.6 Å². The first-order valence-electron chi connectivity index (χ1n) is 12.2. The minimum absolute atomic E-state index is 0.0682. The summed E-state index contributed by atoms with van der Waals surface area (Å²) in [6.45, 7) is 7.79. The predicted molar refractivity (Wildman–Crippen MR) is 136 cm³/mol. The Kier molecular flexibility index (Phi) is 7.93. The monoisotopic (exact) mass is 513 g/mol. The van der Waals surface area contributed by atoms with Crippen LogP contribution in [0.1, 0.15) is 38.1 Å². The van der Waals surface area contributed by atoms with E-state index >= 15 is 0 Å². The maximum Gasteiger partial charge on any atom is 0.407 e. The van der Waals surface area contributed by atoms with Crippen LogP contribution in [-0.2, 0) is 21.5 Å². The number of carbonyl (C=O) groups is 1. The molecular weight excluding hydrogens is 478 g/mol. The van der Waals surface area contributed by atoms with Gasteiger partial charge in [0.15, 0.2) is 17.7 Å². The van der Waals surface area contributed by atoms with Gasteiger partial charge in [-0.2, -0.15) is 0 Å². The molecule has 200 valence electrons. The van der Waals surface area contributed by atoms with Gasteiger partial charge in [0, 0.05) is 19.6 Å². The summed E-state index contributed by atoms with van der Waals surface area (Å²) in [5.41, 5.74) is 8.84. The molecule has 1 aromatic carbocycles. The van der Waals surface area contributed by atoms with E-state index in [0.717, 1.165) is 5.56 Å². The van der Waals surface area contributed by atoms with Gasteiger partial charge in [-0.05, 0) is 23.6 Å². The molecule has 0 radical (unpaired) electrons. The quantitative estimate of drug-likeness (QED) is 0.344. The maximum atomic E-state index is 12.1. The van der Waals surface area contributed by atoms with Crippen molar-refractivity contribution in [2.24, 2.45) is 0 Å². The highest BCUT2D eigenvalue weighted by molar-refractivity contribution is 5.81. The summed E-state index contributed by atoms with van der Waals surface area (Å²) >= 11 is 0. The molecule has 3 heterocycles. The van der Waals surface area contributed by atoms with Crippen LogP contribution < -0.4 is 11.1 Å². The summed E-state index contributed by atoms with van der Waals surface area (Å²) in [5, 5.41) is 23.9. The molecule has 1 saturated heterocycles. The second-order valence-corrected chi connectivity index (χ2v) is 10.3. The summed E-state index contributed by atoms with van der Waals surface area (Å²) in [6.07, 6.45) is -1.59. The van der Waals surface area contributed by atoms with Gasteiger partial charge in [-0.1, -0.05) is 45.0 Å². The fourth-order valence-corrected chi connectivity index (χ4v) is 4.21. The molecule has 1 unspecified atom stereocenters. The van der Waals surface area contributed by atoms with Crippen LogP contribution in [0.15, 0.2) is 36.9 Å². The second kappa shape index (κ2) is 11.0. The first kappa shape index (κ1) is 26.7. The largest absolute Gasteiger partial charge is 0.445 e. The van der Waals surface area contributed by atoms with Crippen molar-refractivity contribution in [2.75, 3.05) is 32.4 Å². The number of nitrogens with two attached hydrogens (primary N) is 1. The molecule has 37 heavy (non-hydrogen) atoms. The molecule has 0 bridgehead atoms. The van der Waals surface area contributed by atoms with E-state index in [0.29, 0.717) is 30.8 Å². The normalized spacial score (nSPS) is 22.0. The Balaban J connectivity index is 1.22. The van der Waals surface area contributed by atoms with Gasteiger partial charge >= 0.3 is 6.09 Å². The molecule has 1 aliphatic heterocycles. The highest BCUT2D eigenvalue weighted by Crippen LogP contribution is 2.32. The standard InChI is InChI=1S/C25H35N7O5/c1-25(2,3)16-7-5-15(6-8-16)12-36-24(35)27-9-10-31(4)11-17-19(33)20(34)23(37-17)32-14-30-18-21(26)28-13-29-22(18)32/h5-8,13-14,17,19-20,23,33-34H,9-12H2,1-4H3,(H,27,35)(H2,26,28,29)/t17-,19-,20-,23?/m1/s1. The topological polar surface area (TPSA) is 161 Å². The third-order valence-electron chi connectivity index (χ3n) is 6.44. The summed E-state index contributed by atoms with van der Waals surface area (Å²) < 4.78 is 12.8. The maximum absolute atomic E-state index is 12.1. The Hall–Kier alpha value is -3.32. The van der Waals surface area contributed by atoms with Crippen LogP contribution in [0, 0.1) is 0 Å². The number of nitrogens with one attached hydrogen (secondary N) is 1. The van der Waals surface area contributed by atoms with Crippen molar-refractivity contribution >= 4 is 23.1 Å². The Morgan fingerprint density at radius 1 is 1.19 bits per heavy atom. The highest BCUT2D eigenvalue weighted by atomic mass is 16.6. The van der Waals surface area contributed by atoms with Crippen LogP contribution in [0.5, 0.6) is 0 Å². The van der Waals surface area contributed by atoms with E-state index in [1.54, 1.807) is 0 Å². The van der Waals surface area contributed by atoms with E-state index in [2.05, 4.69) is 41.0 Å². The lowest BCUT2D eigenvalue weighted by atomic mass is 9.87. The summed E-state index contributed by atoms with van der Waals surface area (Å²) in [4.78, 5) is 26.2. The Morgan fingerprint density at radius 2 is 1.92 bits per heavy atom. The number of anilines is 1. The van der Waals surface area contributed by atoms with Crippen LogP contribution in [-0.4, -0.2) is 85.7 Å². The minimum Gasteiger partial charge on any atom is -0.445 e. The average Bonchev–Trinajstić information content (AvgIpc) is 3.40. The first-order valence-corrected chi connectivity index (χ1v) is 12.2. The smallest absolute Gasteiger partial charge is 0.407 e. The van der Waals surface area contributed by atoms with Gasteiger partial charge in [0.05, 0.1) is 6.33 Å². The lowest BCUT2D eigenvalue weighted by Gasteiger charge is -2.22. The molecule has 1 aliphatic rings. The van der Waals surface area contributed by atoms with Crippen molar-refractivity contribution in [3.05, 3.63) is 48.0 Å². The Bertz CT molecular complexity index is 1210. The van der Waals surface area contributed by atoms with Crippen molar-refractivity contribution < 1.29 is 24.5 Å². The zero-order chi connectivity index (χ0) is 26.7. The van der Waals surface area contributed by atoms with Gasteiger partial charge in [0.1, 0.15) is 36.8 Å². The molecule has 0 spiro atoms. The van der Waals surface area contributed by atoms with Crippen molar-refractivity contribution in [1.29, 1.82) is 0 Å². The number of nitrogen functional groups attached to an aromatic ring is 1. The molecule has 4 rings (SSSR count). The van der Waals surface area contributed by atoms with Crippen molar-refractivity contribution in [3.8, 4) is 0 Å². The summed E-state index contributed by atoms with van der Waals surface area (Å²) in [6, 6.07) is 8.02. The molecule has 1 fully saturated rings. The van der Waals surface area contributed by atoms with E-state index < -0.39 is 30.6 Å². The van der Waals surface area contributed by atoms with Crippen molar-refractivity contribution in [3.63, 3.8) is 0 Å². The van der Waals surface area contributed by atoms with Crippen LogP contribution in [0.2, 0.25) is 0 Å². The number of ether oxygens (including phenoxy) is 2. The number of fused-ring (bicyclic) bond motifs is 1. The third kappa shape index (κ3) is 6.16. The summed E-state index contributed by atoms with van der Waals surface area (Å²) in [7, 11) is 1.83. The molecular formula is C25H35N7O5. The van der Waals surface area contributed by atoms with Crippen molar-refractivity contribution in [2.45, 2.75) is 57.3 Å². The van der Waals surface area contributed by atoms with Gasteiger partial charge in [-0.15, -0.1) is 0 Å². The average molecular weight is 514 g/mol. The molecule has 0 aliphatic carbocycles.